The molecular formula is C19H23NO. The number of rotatable bonds is 2. The molecule has 1 heterocycles. The molecule has 0 aliphatic carbocycles. The quantitative estimate of drug-likeness (QED) is 0.797. The topological polar surface area (TPSA) is 20.3 Å². The van der Waals surface area contributed by atoms with E-state index in [-0.39, 0.29) is 5.91 Å². The summed E-state index contributed by atoms with van der Waals surface area (Å²) in [5.74, 6) is 0.131. The van der Waals surface area contributed by atoms with Gasteiger partial charge >= 0.3 is 0 Å². The standard InChI is InChI=1S/C17H17NO.C2H6/c1-2-13-6-5-9-14(10-13)17(19)18-11-15-7-3-4-8-16(15)12-18;1-2/h3-10H,2,11-12H2,1H3;1-2H3. The number of hydrogen-bond donors (Lipinski definition) is 0. The molecule has 0 unspecified atom stereocenters. The SMILES string of the molecule is CC.CCc1cccc(C(=O)N2Cc3ccccc3C2)c1. The lowest BCUT2D eigenvalue weighted by Crippen LogP contribution is -2.25. The fourth-order valence-electron chi connectivity index (χ4n) is 2.58. The highest BCUT2D eigenvalue weighted by Crippen LogP contribution is 2.24. The van der Waals surface area contributed by atoms with Crippen molar-refractivity contribution >= 4 is 5.91 Å². The van der Waals surface area contributed by atoms with E-state index in [4.69, 9.17) is 0 Å². The molecule has 110 valence electrons. The van der Waals surface area contributed by atoms with E-state index in [0.29, 0.717) is 0 Å². The van der Waals surface area contributed by atoms with Crippen LogP contribution in [0.2, 0.25) is 0 Å². The van der Waals surface area contributed by atoms with Crippen molar-refractivity contribution in [1.29, 1.82) is 0 Å². The van der Waals surface area contributed by atoms with Crippen LogP contribution >= 0.6 is 0 Å². The van der Waals surface area contributed by atoms with E-state index in [9.17, 15) is 4.79 Å². The van der Waals surface area contributed by atoms with Crippen LogP contribution in [0.5, 0.6) is 0 Å². The van der Waals surface area contributed by atoms with Gasteiger partial charge in [0.25, 0.3) is 5.91 Å². The number of benzene rings is 2. The van der Waals surface area contributed by atoms with E-state index in [0.717, 1.165) is 25.1 Å². The highest BCUT2D eigenvalue weighted by Gasteiger charge is 2.23. The molecule has 1 aliphatic heterocycles. The zero-order chi connectivity index (χ0) is 15.2. The molecule has 0 bridgehead atoms. The number of hydrogen-bond acceptors (Lipinski definition) is 1. The maximum atomic E-state index is 12.5. The minimum Gasteiger partial charge on any atom is -0.330 e. The van der Waals surface area contributed by atoms with Crippen molar-refractivity contribution in [3.63, 3.8) is 0 Å². The summed E-state index contributed by atoms with van der Waals surface area (Å²) in [6.45, 7) is 7.56. The first-order valence-corrected chi connectivity index (χ1v) is 7.73. The van der Waals surface area contributed by atoms with Crippen LogP contribution in [0.1, 0.15) is 47.8 Å². The zero-order valence-electron chi connectivity index (χ0n) is 13.1. The van der Waals surface area contributed by atoms with Gasteiger partial charge in [0.05, 0.1) is 0 Å². The molecule has 0 fully saturated rings. The third-order valence-electron chi connectivity index (χ3n) is 3.71. The molecule has 1 amide bonds. The molecule has 2 aromatic rings. The van der Waals surface area contributed by atoms with Crippen molar-refractivity contribution in [1.82, 2.24) is 4.90 Å². The molecular weight excluding hydrogens is 258 g/mol. The van der Waals surface area contributed by atoms with Crippen LogP contribution in [0.4, 0.5) is 0 Å². The number of amides is 1. The van der Waals surface area contributed by atoms with Crippen LogP contribution < -0.4 is 0 Å². The maximum Gasteiger partial charge on any atom is 0.254 e. The van der Waals surface area contributed by atoms with Gasteiger partial charge in [-0.3, -0.25) is 4.79 Å². The fraction of sp³-hybridized carbons (Fsp3) is 0.316. The lowest BCUT2D eigenvalue weighted by molar-refractivity contribution is 0.0751. The molecule has 0 aromatic heterocycles. The Morgan fingerprint density at radius 3 is 2.19 bits per heavy atom. The van der Waals surface area contributed by atoms with Crippen LogP contribution in [0.15, 0.2) is 48.5 Å². The van der Waals surface area contributed by atoms with Gasteiger partial charge in [-0.2, -0.15) is 0 Å². The highest BCUT2D eigenvalue weighted by atomic mass is 16.2. The first-order valence-electron chi connectivity index (χ1n) is 7.73. The predicted octanol–water partition coefficient (Wildman–Crippen LogP) is 4.43. The molecule has 21 heavy (non-hydrogen) atoms. The van der Waals surface area contributed by atoms with Crippen molar-refractivity contribution in [2.45, 2.75) is 40.3 Å². The molecule has 0 atom stereocenters. The number of aryl methyl sites for hydroxylation is 1. The van der Waals surface area contributed by atoms with E-state index in [1.165, 1.54) is 16.7 Å². The lowest BCUT2D eigenvalue weighted by Gasteiger charge is -2.15. The van der Waals surface area contributed by atoms with E-state index in [1.54, 1.807) is 0 Å². The van der Waals surface area contributed by atoms with E-state index >= 15 is 0 Å². The van der Waals surface area contributed by atoms with Gasteiger partial charge in [0.15, 0.2) is 0 Å². The predicted molar refractivity (Wildman–Crippen MR) is 87.2 cm³/mol. The lowest BCUT2D eigenvalue weighted by atomic mass is 10.1. The van der Waals surface area contributed by atoms with Gasteiger partial charge < -0.3 is 4.90 Å². The van der Waals surface area contributed by atoms with Crippen LogP contribution in [-0.2, 0) is 19.5 Å². The zero-order valence-corrected chi connectivity index (χ0v) is 13.1. The smallest absolute Gasteiger partial charge is 0.254 e. The highest BCUT2D eigenvalue weighted by molar-refractivity contribution is 5.94. The molecule has 2 aromatic carbocycles. The molecule has 3 rings (SSSR count). The first-order chi connectivity index (χ1) is 10.3. The van der Waals surface area contributed by atoms with Crippen LogP contribution in [0.25, 0.3) is 0 Å². The van der Waals surface area contributed by atoms with Crippen molar-refractivity contribution in [2.24, 2.45) is 0 Å². The Kier molecular flexibility index (Phi) is 5.15. The first kappa shape index (κ1) is 15.3. The van der Waals surface area contributed by atoms with Gasteiger partial charge in [0, 0.05) is 18.7 Å². The number of carbonyl (C=O) groups is 1. The van der Waals surface area contributed by atoms with Crippen molar-refractivity contribution in [3.05, 3.63) is 70.8 Å². The van der Waals surface area contributed by atoms with Crippen LogP contribution in [0.3, 0.4) is 0 Å². The molecule has 2 heteroatoms. The average molecular weight is 281 g/mol. The summed E-state index contributed by atoms with van der Waals surface area (Å²) in [5, 5.41) is 0. The number of nitrogens with zero attached hydrogens (tertiary/aromatic N) is 1. The summed E-state index contributed by atoms with van der Waals surface area (Å²) < 4.78 is 0. The third-order valence-corrected chi connectivity index (χ3v) is 3.71. The van der Waals surface area contributed by atoms with Crippen molar-refractivity contribution < 1.29 is 4.79 Å². The summed E-state index contributed by atoms with van der Waals surface area (Å²) in [6, 6.07) is 16.2. The second-order valence-corrected chi connectivity index (χ2v) is 4.98. The summed E-state index contributed by atoms with van der Waals surface area (Å²) in [5.41, 5.74) is 4.54. The fourth-order valence-corrected chi connectivity index (χ4v) is 2.58. The maximum absolute atomic E-state index is 12.5. The average Bonchev–Trinajstić information content (AvgIpc) is 3.00. The molecule has 0 N–H and O–H groups in total. The van der Waals surface area contributed by atoms with Gasteiger partial charge in [0.1, 0.15) is 0 Å². The largest absolute Gasteiger partial charge is 0.330 e. The van der Waals surface area contributed by atoms with E-state index < -0.39 is 0 Å². The van der Waals surface area contributed by atoms with Gasteiger partial charge in [-0.25, -0.2) is 0 Å². The summed E-state index contributed by atoms with van der Waals surface area (Å²) in [4.78, 5) is 14.4. The summed E-state index contributed by atoms with van der Waals surface area (Å²) in [7, 11) is 0. The Bertz CT molecular complexity index is 593. The normalized spacial score (nSPS) is 12.4. The minimum absolute atomic E-state index is 0.131. The Morgan fingerprint density at radius 1 is 1.00 bits per heavy atom. The van der Waals surface area contributed by atoms with E-state index in [1.807, 2.05) is 49.1 Å². The molecule has 0 saturated heterocycles. The molecule has 0 spiro atoms. The van der Waals surface area contributed by atoms with Crippen molar-refractivity contribution in [3.8, 4) is 0 Å². The Labute approximate surface area is 127 Å². The van der Waals surface area contributed by atoms with Crippen LogP contribution in [0, 0.1) is 0 Å². The summed E-state index contributed by atoms with van der Waals surface area (Å²) in [6.07, 6.45) is 0.960. The van der Waals surface area contributed by atoms with Gasteiger partial charge in [0.2, 0.25) is 0 Å². The van der Waals surface area contributed by atoms with Gasteiger partial charge in [-0.15, -0.1) is 0 Å². The third kappa shape index (κ3) is 3.33. The summed E-state index contributed by atoms with van der Waals surface area (Å²) >= 11 is 0. The Balaban J connectivity index is 0.000000774. The molecule has 0 radical (unpaired) electrons. The van der Waals surface area contributed by atoms with E-state index in [2.05, 4.69) is 25.1 Å². The van der Waals surface area contributed by atoms with Crippen molar-refractivity contribution in [2.75, 3.05) is 0 Å². The Morgan fingerprint density at radius 2 is 1.62 bits per heavy atom. The number of fused-ring (bicyclic) bond motifs is 1. The molecule has 1 aliphatic rings. The molecule has 2 nitrogen and oxygen atoms in total. The second kappa shape index (κ2) is 7.07. The minimum atomic E-state index is 0.131. The van der Waals surface area contributed by atoms with Crippen LogP contribution in [-0.4, -0.2) is 10.8 Å². The monoisotopic (exact) mass is 281 g/mol. The van der Waals surface area contributed by atoms with Gasteiger partial charge in [-0.05, 0) is 35.2 Å². The number of carbonyl (C=O) groups excluding carboxylic acids is 1. The molecule has 0 saturated carbocycles. The second-order valence-electron chi connectivity index (χ2n) is 4.98. The Hall–Kier alpha value is -2.09. The van der Waals surface area contributed by atoms with Gasteiger partial charge in [-0.1, -0.05) is 57.2 Å².